The molecule has 5 nitrogen and oxygen atoms in total. The molecule has 28 heavy (non-hydrogen) atoms. The van der Waals surface area contributed by atoms with Crippen molar-refractivity contribution in [1.29, 1.82) is 0 Å². The molecule has 146 valence electrons. The monoisotopic (exact) mass is 458 g/mol. The van der Waals surface area contributed by atoms with Gasteiger partial charge < -0.3 is 4.90 Å². The van der Waals surface area contributed by atoms with Gasteiger partial charge >= 0.3 is 0 Å². The smallest absolute Gasteiger partial charge is 0.233 e. The van der Waals surface area contributed by atoms with Crippen LogP contribution in [0.3, 0.4) is 0 Å². The maximum atomic E-state index is 12.7. The SMILES string of the molecule is CCCN(Cc1ccc(C)cc1)C(=O)CSc1n[nH]c(-c2ccccc2Br)n1. The standard InChI is InChI=1S/C21H23BrN4OS/c1-3-12-26(13-16-10-8-15(2)9-11-16)19(27)14-28-21-23-20(24-25-21)17-6-4-5-7-18(17)22/h4-11H,3,12-14H2,1-2H3,(H,23,24,25). The number of nitrogens with one attached hydrogen (secondary N) is 1. The zero-order valence-electron chi connectivity index (χ0n) is 16.0. The van der Waals surface area contributed by atoms with Crippen molar-refractivity contribution in [3.63, 3.8) is 0 Å². The van der Waals surface area contributed by atoms with Gasteiger partial charge in [0.25, 0.3) is 0 Å². The van der Waals surface area contributed by atoms with Gasteiger partial charge in [0, 0.05) is 23.1 Å². The molecule has 3 aromatic rings. The molecule has 0 radical (unpaired) electrons. The van der Waals surface area contributed by atoms with Crippen LogP contribution in [0.5, 0.6) is 0 Å². The van der Waals surface area contributed by atoms with Crippen molar-refractivity contribution in [2.75, 3.05) is 12.3 Å². The van der Waals surface area contributed by atoms with Crippen LogP contribution in [0.2, 0.25) is 0 Å². The van der Waals surface area contributed by atoms with E-state index in [9.17, 15) is 4.79 Å². The summed E-state index contributed by atoms with van der Waals surface area (Å²) in [4.78, 5) is 19.2. The molecule has 0 aliphatic carbocycles. The normalized spacial score (nSPS) is 10.8. The Morgan fingerprint density at radius 3 is 2.64 bits per heavy atom. The average molecular weight is 459 g/mol. The third kappa shape index (κ3) is 5.45. The van der Waals surface area contributed by atoms with E-state index < -0.39 is 0 Å². The molecule has 0 aliphatic rings. The van der Waals surface area contributed by atoms with Crippen LogP contribution in [-0.2, 0) is 11.3 Å². The second kappa shape index (κ2) is 9.89. The number of benzene rings is 2. The van der Waals surface area contributed by atoms with Gasteiger partial charge in [0.15, 0.2) is 5.82 Å². The second-order valence-corrected chi connectivity index (χ2v) is 8.33. The van der Waals surface area contributed by atoms with E-state index in [1.165, 1.54) is 17.3 Å². The second-order valence-electron chi connectivity index (χ2n) is 6.54. The Hall–Kier alpha value is -2.12. The van der Waals surface area contributed by atoms with Crippen LogP contribution in [-0.4, -0.2) is 38.3 Å². The molecule has 0 spiro atoms. The number of hydrogen-bond acceptors (Lipinski definition) is 4. The lowest BCUT2D eigenvalue weighted by Gasteiger charge is -2.22. The van der Waals surface area contributed by atoms with E-state index >= 15 is 0 Å². The summed E-state index contributed by atoms with van der Waals surface area (Å²) in [5.41, 5.74) is 3.31. The van der Waals surface area contributed by atoms with Gasteiger partial charge in [0.2, 0.25) is 11.1 Å². The minimum absolute atomic E-state index is 0.0969. The van der Waals surface area contributed by atoms with Crippen molar-refractivity contribution in [2.45, 2.75) is 32.0 Å². The summed E-state index contributed by atoms with van der Waals surface area (Å²) in [6, 6.07) is 16.2. The van der Waals surface area contributed by atoms with Gasteiger partial charge in [-0.1, -0.05) is 82.6 Å². The number of amides is 1. The van der Waals surface area contributed by atoms with Crippen molar-refractivity contribution in [3.05, 3.63) is 64.1 Å². The highest BCUT2D eigenvalue weighted by atomic mass is 79.9. The largest absolute Gasteiger partial charge is 0.338 e. The molecular weight excluding hydrogens is 436 g/mol. The van der Waals surface area contributed by atoms with Gasteiger partial charge in [-0.3, -0.25) is 9.89 Å². The van der Waals surface area contributed by atoms with E-state index in [4.69, 9.17) is 0 Å². The Morgan fingerprint density at radius 1 is 1.18 bits per heavy atom. The van der Waals surface area contributed by atoms with Gasteiger partial charge in [-0.15, -0.1) is 5.10 Å². The molecule has 1 aromatic heterocycles. The molecule has 0 fully saturated rings. The van der Waals surface area contributed by atoms with Gasteiger partial charge in [-0.25, -0.2) is 4.98 Å². The molecule has 3 rings (SSSR count). The Kier molecular flexibility index (Phi) is 7.28. The third-order valence-electron chi connectivity index (χ3n) is 4.26. The number of aryl methyl sites for hydroxylation is 1. The number of nitrogens with zero attached hydrogens (tertiary/aromatic N) is 3. The Balaban J connectivity index is 1.61. The summed E-state index contributed by atoms with van der Waals surface area (Å²) in [7, 11) is 0. The third-order valence-corrected chi connectivity index (χ3v) is 5.78. The molecule has 0 saturated carbocycles. The van der Waals surface area contributed by atoms with E-state index in [-0.39, 0.29) is 5.91 Å². The van der Waals surface area contributed by atoms with Crippen molar-refractivity contribution < 1.29 is 4.79 Å². The minimum Gasteiger partial charge on any atom is -0.338 e. The number of aromatic nitrogens is 3. The first-order valence-electron chi connectivity index (χ1n) is 9.20. The summed E-state index contributed by atoms with van der Waals surface area (Å²) in [5, 5.41) is 7.76. The summed E-state index contributed by atoms with van der Waals surface area (Å²) in [6.45, 7) is 5.52. The quantitative estimate of drug-likeness (QED) is 0.478. The molecular formula is C21H23BrN4OS. The molecule has 1 N–H and O–H groups in total. The lowest BCUT2D eigenvalue weighted by molar-refractivity contribution is -0.129. The fraction of sp³-hybridized carbons (Fsp3) is 0.286. The Bertz CT molecular complexity index is 926. The van der Waals surface area contributed by atoms with Crippen molar-refractivity contribution in [2.24, 2.45) is 0 Å². The van der Waals surface area contributed by atoms with Crippen LogP contribution in [0.1, 0.15) is 24.5 Å². The van der Waals surface area contributed by atoms with Crippen molar-refractivity contribution >= 4 is 33.6 Å². The van der Waals surface area contributed by atoms with Gasteiger partial charge in [0.1, 0.15) is 0 Å². The first-order valence-corrected chi connectivity index (χ1v) is 11.0. The van der Waals surface area contributed by atoms with Crippen molar-refractivity contribution in [1.82, 2.24) is 20.1 Å². The van der Waals surface area contributed by atoms with Gasteiger partial charge in [0.05, 0.1) is 5.75 Å². The highest BCUT2D eigenvalue weighted by Crippen LogP contribution is 2.26. The molecule has 0 atom stereocenters. The highest BCUT2D eigenvalue weighted by Gasteiger charge is 2.16. The van der Waals surface area contributed by atoms with Crippen LogP contribution >= 0.6 is 27.7 Å². The number of halogens is 1. The van der Waals surface area contributed by atoms with Crippen LogP contribution in [0.15, 0.2) is 58.2 Å². The predicted molar refractivity (Wildman–Crippen MR) is 117 cm³/mol. The zero-order chi connectivity index (χ0) is 19.9. The molecule has 0 saturated heterocycles. The zero-order valence-corrected chi connectivity index (χ0v) is 18.4. The van der Waals surface area contributed by atoms with Crippen LogP contribution in [0.4, 0.5) is 0 Å². The fourth-order valence-corrected chi connectivity index (χ4v) is 3.95. The number of hydrogen-bond donors (Lipinski definition) is 1. The molecule has 0 unspecified atom stereocenters. The lowest BCUT2D eigenvalue weighted by Crippen LogP contribution is -2.32. The Morgan fingerprint density at radius 2 is 1.93 bits per heavy atom. The van der Waals surface area contributed by atoms with Crippen LogP contribution in [0.25, 0.3) is 11.4 Å². The van der Waals surface area contributed by atoms with Crippen LogP contribution < -0.4 is 0 Å². The number of thioether (sulfide) groups is 1. The Labute approximate surface area is 178 Å². The predicted octanol–water partition coefficient (Wildman–Crippen LogP) is 5.07. The lowest BCUT2D eigenvalue weighted by atomic mass is 10.1. The fourth-order valence-electron chi connectivity index (χ4n) is 2.78. The number of H-pyrrole nitrogens is 1. The highest BCUT2D eigenvalue weighted by molar-refractivity contribution is 9.10. The van der Waals surface area contributed by atoms with Crippen LogP contribution in [0, 0.1) is 6.92 Å². The maximum absolute atomic E-state index is 12.7. The molecule has 0 bridgehead atoms. The van der Waals surface area contributed by atoms with Gasteiger partial charge in [-0.05, 0) is 25.0 Å². The summed E-state index contributed by atoms with van der Waals surface area (Å²) in [6.07, 6.45) is 0.926. The molecule has 7 heteroatoms. The topological polar surface area (TPSA) is 61.9 Å². The molecule has 1 heterocycles. The van der Waals surface area contributed by atoms with Crippen molar-refractivity contribution in [3.8, 4) is 11.4 Å². The number of rotatable bonds is 8. The van der Waals surface area contributed by atoms with E-state index in [0.29, 0.717) is 23.3 Å². The van der Waals surface area contributed by atoms with E-state index in [1.54, 1.807) is 0 Å². The first kappa shape index (κ1) is 20.6. The first-order chi connectivity index (χ1) is 13.6. The van der Waals surface area contributed by atoms with E-state index in [2.05, 4.69) is 69.2 Å². The number of aromatic amines is 1. The number of carbonyl (C=O) groups is 1. The molecule has 0 aliphatic heterocycles. The average Bonchev–Trinajstić information content (AvgIpc) is 3.16. The summed E-state index contributed by atoms with van der Waals surface area (Å²) in [5.74, 6) is 1.10. The van der Waals surface area contributed by atoms with E-state index in [0.717, 1.165) is 28.6 Å². The number of carbonyl (C=O) groups excluding carboxylic acids is 1. The summed E-state index contributed by atoms with van der Waals surface area (Å²) < 4.78 is 0.950. The minimum atomic E-state index is 0.0969. The van der Waals surface area contributed by atoms with Gasteiger partial charge in [-0.2, -0.15) is 0 Å². The maximum Gasteiger partial charge on any atom is 0.233 e. The summed E-state index contributed by atoms with van der Waals surface area (Å²) >= 11 is 4.88. The van der Waals surface area contributed by atoms with E-state index in [1.807, 2.05) is 29.2 Å². The molecule has 1 amide bonds. The molecule has 2 aromatic carbocycles.